The zero-order valence-electron chi connectivity index (χ0n) is 17.4. The molecule has 2 unspecified atom stereocenters. The highest BCUT2D eigenvalue weighted by molar-refractivity contribution is 5.79. The third kappa shape index (κ3) is 4.09. The van der Waals surface area contributed by atoms with E-state index in [0.717, 1.165) is 28.3 Å². The Balaban J connectivity index is 1.36. The number of aliphatic hydroxyl groups excluding tert-OH is 2. The van der Waals surface area contributed by atoms with E-state index in [1.165, 1.54) is 13.0 Å². The first kappa shape index (κ1) is 21.9. The summed E-state index contributed by atoms with van der Waals surface area (Å²) in [6, 6.07) is 18.0. The summed E-state index contributed by atoms with van der Waals surface area (Å²) < 4.78 is 32.4. The van der Waals surface area contributed by atoms with Crippen molar-refractivity contribution in [2.75, 3.05) is 13.2 Å². The lowest BCUT2D eigenvalue weighted by Gasteiger charge is -2.21. The fourth-order valence-corrected chi connectivity index (χ4v) is 4.14. The van der Waals surface area contributed by atoms with Gasteiger partial charge in [-0.25, -0.2) is 13.6 Å². The van der Waals surface area contributed by atoms with Crippen molar-refractivity contribution in [3.63, 3.8) is 0 Å². The molecule has 0 bridgehead atoms. The number of nitrogens with one attached hydrogen (secondary N) is 1. The predicted octanol–water partition coefficient (Wildman–Crippen LogP) is 4.21. The third-order valence-electron chi connectivity index (χ3n) is 5.86. The van der Waals surface area contributed by atoms with Crippen molar-refractivity contribution in [1.29, 1.82) is 0 Å². The number of carbonyl (C=O) groups is 1. The molecule has 0 aliphatic heterocycles. The Hall–Kier alpha value is -3.29. The summed E-state index contributed by atoms with van der Waals surface area (Å²) >= 11 is 0. The van der Waals surface area contributed by atoms with E-state index in [4.69, 9.17) is 4.74 Å². The number of amides is 1. The Morgan fingerprint density at radius 2 is 1.59 bits per heavy atom. The van der Waals surface area contributed by atoms with Crippen LogP contribution in [0.25, 0.3) is 11.1 Å². The zero-order valence-corrected chi connectivity index (χ0v) is 17.4. The topological polar surface area (TPSA) is 78.8 Å². The van der Waals surface area contributed by atoms with Crippen molar-refractivity contribution in [2.24, 2.45) is 0 Å². The number of benzene rings is 3. The van der Waals surface area contributed by atoms with Crippen molar-refractivity contribution in [2.45, 2.75) is 25.0 Å². The normalized spacial score (nSPS) is 14.4. The molecule has 3 N–H and O–H groups in total. The van der Waals surface area contributed by atoms with Crippen LogP contribution in [-0.4, -0.2) is 35.6 Å². The molecule has 7 heteroatoms. The maximum atomic E-state index is 13.7. The molecule has 0 spiro atoms. The van der Waals surface area contributed by atoms with Gasteiger partial charge in [-0.05, 0) is 46.4 Å². The predicted molar refractivity (Wildman–Crippen MR) is 115 cm³/mol. The number of alkyl carbamates (subject to hydrolysis) is 1. The van der Waals surface area contributed by atoms with Gasteiger partial charge in [0.15, 0.2) is 11.6 Å². The van der Waals surface area contributed by atoms with Gasteiger partial charge in [-0.2, -0.15) is 0 Å². The monoisotopic (exact) mass is 439 g/mol. The highest BCUT2D eigenvalue weighted by Gasteiger charge is 2.29. The molecule has 0 aromatic heterocycles. The van der Waals surface area contributed by atoms with Gasteiger partial charge in [0.25, 0.3) is 0 Å². The van der Waals surface area contributed by atoms with E-state index in [9.17, 15) is 23.8 Å². The van der Waals surface area contributed by atoms with Gasteiger partial charge >= 0.3 is 6.09 Å². The van der Waals surface area contributed by atoms with E-state index in [0.29, 0.717) is 0 Å². The standard InChI is InChI=1S/C25H23F2NO4/c1-14-15(10-11-21(26)23(14)27)24(30)22(29)12-28-25(31)32-13-20-18-8-4-2-6-16(18)17-7-3-5-9-19(17)20/h2-11,20,22,24,29-30H,12-13H2,1H3,(H,28,31). The summed E-state index contributed by atoms with van der Waals surface area (Å²) in [4.78, 5) is 12.2. The summed E-state index contributed by atoms with van der Waals surface area (Å²) in [5.41, 5.74) is 4.31. The van der Waals surface area contributed by atoms with E-state index in [-0.39, 0.29) is 30.2 Å². The van der Waals surface area contributed by atoms with Crippen LogP contribution in [-0.2, 0) is 4.74 Å². The van der Waals surface area contributed by atoms with Crippen molar-refractivity contribution in [1.82, 2.24) is 5.32 Å². The first-order valence-corrected chi connectivity index (χ1v) is 10.3. The molecular weight excluding hydrogens is 416 g/mol. The minimum atomic E-state index is -1.50. The molecule has 1 amide bonds. The van der Waals surface area contributed by atoms with Crippen molar-refractivity contribution in [3.05, 3.63) is 94.6 Å². The Morgan fingerprint density at radius 1 is 1.00 bits per heavy atom. The smallest absolute Gasteiger partial charge is 0.407 e. The molecule has 0 saturated heterocycles. The summed E-state index contributed by atoms with van der Waals surface area (Å²) in [6.07, 6.45) is -3.68. The van der Waals surface area contributed by atoms with E-state index < -0.39 is 29.9 Å². The summed E-state index contributed by atoms with van der Waals surface area (Å²) in [5.74, 6) is -2.23. The van der Waals surface area contributed by atoms with Crippen LogP contribution in [0.15, 0.2) is 60.7 Å². The fraction of sp³-hybridized carbons (Fsp3) is 0.240. The number of hydrogen-bond acceptors (Lipinski definition) is 4. The van der Waals surface area contributed by atoms with E-state index in [2.05, 4.69) is 5.32 Å². The quantitative estimate of drug-likeness (QED) is 0.538. The van der Waals surface area contributed by atoms with Gasteiger partial charge in [0.1, 0.15) is 18.8 Å². The molecule has 0 fully saturated rings. The van der Waals surface area contributed by atoms with Crippen LogP contribution in [0.4, 0.5) is 13.6 Å². The third-order valence-corrected chi connectivity index (χ3v) is 5.86. The second kappa shape index (κ2) is 9.06. The molecule has 1 aliphatic rings. The van der Waals surface area contributed by atoms with Crippen molar-refractivity contribution >= 4 is 6.09 Å². The van der Waals surface area contributed by atoms with Gasteiger partial charge in [-0.1, -0.05) is 54.6 Å². The number of fused-ring (bicyclic) bond motifs is 3. The van der Waals surface area contributed by atoms with Crippen LogP contribution >= 0.6 is 0 Å². The molecule has 3 aromatic carbocycles. The van der Waals surface area contributed by atoms with Gasteiger partial charge in [0.2, 0.25) is 0 Å². The molecule has 0 radical (unpaired) electrons. The van der Waals surface area contributed by atoms with Crippen LogP contribution in [0.1, 0.15) is 34.3 Å². The van der Waals surface area contributed by atoms with Crippen molar-refractivity contribution < 1.29 is 28.5 Å². The molecule has 3 aromatic rings. The Kier molecular flexibility index (Phi) is 6.21. The summed E-state index contributed by atoms with van der Waals surface area (Å²) in [6.45, 7) is 1.10. The Bertz CT molecular complexity index is 1110. The number of ether oxygens (including phenoxy) is 1. The van der Waals surface area contributed by atoms with Gasteiger partial charge in [0, 0.05) is 12.5 Å². The molecule has 166 valence electrons. The van der Waals surface area contributed by atoms with Gasteiger partial charge < -0.3 is 20.3 Å². The molecule has 2 atom stereocenters. The van der Waals surface area contributed by atoms with Crippen LogP contribution in [0.2, 0.25) is 0 Å². The molecular formula is C25H23F2NO4. The average molecular weight is 439 g/mol. The number of rotatable bonds is 6. The minimum Gasteiger partial charge on any atom is -0.449 e. The van der Waals surface area contributed by atoms with E-state index in [1.54, 1.807) is 0 Å². The van der Waals surface area contributed by atoms with E-state index >= 15 is 0 Å². The molecule has 0 heterocycles. The van der Waals surface area contributed by atoms with Gasteiger partial charge in [-0.3, -0.25) is 0 Å². The minimum absolute atomic E-state index is 0.0470. The number of carbonyl (C=O) groups excluding carboxylic acids is 1. The van der Waals surface area contributed by atoms with Gasteiger partial charge in [-0.15, -0.1) is 0 Å². The molecule has 1 aliphatic carbocycles. The van der Waals surface area contributed by atoms with Crippen LogP contribution in [0.5, 0.6) is 0 Å². The first-order valence-electron chi connectivity index (χ1n) is 10.3. The number of hydrogen-bond donors (Lipinski definition) is 3. The molecule has 4 rings (SSSR count). The lowest BCUT2D eigenvalue weighted by atomic mass is 9.98. The number of halogens is 2. The highest BCUT2D eigenvalue weighted by atomic mass is 19.2. The van der Waals surface area contributed by atoms with Crippen LogP contribution in [0, 0.1) is 18.6 Å². The second-order valence-electron chi connectivity index (χ2n) is 7.79. The molecule has 32 heavy (non-hydrogen) atoms. The second-order valence-corrected chi connectivity index (χ2v) is 7.79. The average Bonchev–Trinajstić information content (AvgIpc) is 3.13. The lowest BCUT2D eigenvalue weighted by molar-refractivity contribution is 0.0179. The van der Waals surface area contributed by atoms with E-state index in [1.807, 2.05) is 48.5 Å². The Morgan fingerprint density at radius 3 is 2.22 bits per heavy atom. The zero-order chi connectivity index (χ0) is 22.8. The summed E-state index contributed by atoms with van der Waals surface area (Å²) in [5, 5.41) is 22.9. The summed E-state index contributed by atoms with van der Waals surface area (Å²) in [7, 11) is 0. The first-order chi connectivity index (χ1) is 15.4. The lowest BCUT2D eigenvalue weighted by Crippen LogP contribution is -2.36. The maximum absolute atomic E-state index is 13.7. The largest absolute Gasteiger partial charge is 0.449 e. The maximum Gasteiger partial charge on any atom is 0.407 e. The van der Waals surface area contributed by atoms with Crippen LogP contribution in [0.3, 0.4) is 0 Å². The molecule has 5 nitrogen and oxygen atoms in total. The molecule has 0 saturated carbocycles. The van der Waals surface area contributed by atoms with Crippen LogP contribution < -0.4 is 5.32 Å². The fourth-order valence-electron chi connectivity index (χ4n) is 4.14. The van der Waals surface area contributed by atoms with Crippen molar-refractivity contribution in [3.8, 4) is 11.1 Å². The van der Waals surface area contributed by atoms with Gasteiger partial charge in [0.05, 0.1) is 0 Å². The number of aliphatic hydroxyl groups is 2. The Labute approximate surface area is 184 Å². The SMILES string of the molecule is Cc1c(C(O)C(O)CNC(=O)OCC2c3ccccc3-c3ccccc32)ccc(F)c1F. The highest BCUT2D eigenvalue weighted by Crippen LogP contribution is 2.44.